The van der Waals surface area contributed by atoms with Crippen molar-refractivity contribution < 1.29 is 8.42 Å². The molecule has 7 heteroatoms. The Bertz CT molecular complexity index is 508. The molecule has 0 spiro atoms. The van der Waals surface area contributed by atoms with Crippen LogP contribution < -0.4 is 4.72 Å². The van der Waals surface area contributed by atoms with Crippen molar-refractivity contribution in [3.05, 3.63) is 10.2 Å². The van der Waals surface area contributed by atoms with Crippen LogP contribution in [0.15, 0.2) is 4.21 Å². The number of hydrogen-bond acceptors (Lipinski definition) is 4. The Morgan fingerprint density at radius 2 is 2.18 bits per heavy atom. The molecule has 1 heterocycles. The smallest absolute Gasteiger partial charge is 0.229 e. The quantitative estimate of drug-likeness (QED) is 0.928. The van der Waals surface area contributed by atoms with E-state index in [0.717, 1.165) is 24.2 Å². The van der Waals surface area contributed by atoms with E-state index >= 15 is 0 Å². The average molecular weight is 295 g/mol. The third-order valence-corrected chi connectivity index (χ3v) is 6.60. The summed E-state index contributed by atoms with van der Waals surface area (Å²) in [5.74, 6) is 0.466. The summed E-state index contributed by atoms with van der Waals surface area (Å²) in [4.78, 5) is 3.93. The summed E-state index contributed by atoms with van der Waals surface area (Å²) in [6.45, 7) is 3.57. The van der Waals surface area contributed by atoms with Crippen LogP contribution in [0, 0.1) is 12.8 Å². The van der Waals surface area contributed by atoms with E-state index in [1.165, 1.54) is 6.42 Å². The van der Waals surface area contributed by atoms with Crippen molar-refractivity contribution in [2.24, 2.45) is 5.92 Å². The van der Waals surface area contributed by atoms with Crippen LogP contribution in [-0.4, -0.2) is 19.4 Å². The lowest BCUT2D eigenvalue weighted by atomic mass is 9.81. The van der Waals surface area contributed by atoms with Gasteiger partial charge in [0.2, 0.25) is 0 Å². The summed E-state index contributed by atoms with van der Waals surface area (Å²) in [5, 5.41) is 0. The van der Waals surface area contributed by atoms with Gasteiger partial charge in [-0.15, -0.1) is 0 Å². The van der Waals surface area contributed by atoms with Crippen molar-refractivity contribution >= 4 is 33.0 Å². The van der Waals surface area contributed by atoms with E-state index in [2.05, 4.69) is 9.71 Å². The highest BCUT2D eigenvalue weighted by molar-refractivity contribution is 7.91. The molecule has 1 unspecified atom stereocenters. The number of halogens is 1. The van der Waals surface area contributed by atoms with Gasteiger partial charge >= 0.3 is 0 Å². The minimum atomic E-state index is -3.47. The Morgan fingerprint density at radius 1 is 1.53 bits per heavy atom. The first-order valence-electron chi connectivity index (χ1n) is 5.55. The molecule has 0 aliphatic heterocycles. The number of aromatic nitrogens is 1. The first-order valence-corrected chi connectivity index (χ1v) is 8.23. The van der Waals surface area contributed by atoms with Crippen molar-refractivity contribution in [2.45, 2.75) is 43.4 Å². The van der Waals surface area contributed by atoms with Crippen LogP contribution in [-0.2, 0) is 10.0 Å². The molecule has 1 N–H and O–H groups in total. The third-order valence-electron chi connectivity index (χ3n) is 3.17. The lowest BCUT2D eigenvalue weighted by molar-refractivity contribution is 0.260. The number of thiazole rings is 1. The van der Waals surface area contributed by atoms with Crippen molar-refractivity contribution in [3.63, 3.8) is 0 Å². The fourth-order valence-corrected chi connectivity index (χ4v) is 5.00. The maximum atomic E-state index is 12.1. The van der Waals surface area contributed by atoms with Crippen LogP contribution in [0.2, 0.25) is 4.47 Å². The van der Waals surface area contributed by atoms with E-state index in [-0.39, 0.29) is 14.7 Å². The molecule has 1 atom stereocenters. The van der Waals surface area contributed by atoms with Gasteiger partial charge in [0, 0.05) is 6.04 Å². The Balaban J connectivity index is 2.15. The van der Waals surface area contributed by atoms with E-state index in [0.29, 0.717) is 11.6 Å². The molecule has 17 heavy (non-hydrogen) atoms. The Kier molecular flexibility index (Phi) is 3.77. The van der Waals surface area contributed by atoms with Crippen LogP contribution in [0.4, 0.5) is 0 Å². The van der Waals surface area contributed by atoms with Crippen LogP contribution in [0.1, 0.15) is 31.9 Å². The van der Waals surface area contributed by atoms with E-state index in [9.17, 15) is 8.42 Å². The lowest BCUT2D eigenvalue weighted by Crippen LogP contribution is -2.40. The van der Waals surface area contributed by atoms with Crippen LogP contribution in [0.3, 0.4) is 0 Å². The van der Waals surface area contributed by atoms with Crippen molar-refractivity contribution in [2.75, 3.05) is 0 Å². The molecule has 1 fully saturated rings. The highest BCUT2D eigenvalue weighted by Gasteiger charge is 2.29. The van der Waals surface area contributed by atoms with Gasteiger partial charge in [0.25, 0.3) is 10.0 Å². The van der Waals surface area contributed by atoms with Gasteiger partial charge in [-0.25, -0.2) is 18.1 Å². The van der Waals surface area contributed by atoms with Gasteiger partial charge in [0.05, 0.1) is 5.69 Å². The molecular formula is C10H15ClN2O2S2. The number of nitrogens with zero attached hydrogens (tertiary/aromatic N) is 1. The summed E-state index contributed by atoms with van der Waals surface area (Å²) in [5.41, 5.74) is 0.466. The minimum absolute atomic E-state index is 0.0194. The number of aryl methyl sites for hydroxylation is 1. The number of rotatable bonds is 4. The molecule has 2 rings (SSSR count). The highest BCUT2D eigenvalue weighted by atomic mass is 35.5. The largest absolute Gasteiger partial charge is 0.252 e. The topological polar surface area (TPSA) is 59.1 Å². The third kappa shape index (κ3) is 2.81. The molecule has 96 valence electrons. The second kappa shape index (κ2) is 4.84. The van der Waals surface area contributed by atoms with Crippen LogP contribution in [0.25, 0.3) is 0 Å². The summed E-state index contributed by atoms with van der Waals surface area (Å²) < 4.78 is 27.4. The molecule has 0 radical (unpaired) electrons. The van der Waals surface area contributed by atoms with Crippen molar-refractivity contribution in [3.8, 4) is 0 Å². The van der Waals surface area contributed by atoms with Gasteiger partial charge in [-0.1, -0.05) is 29.4 Å². The second-order valence-electron chi connectivity index (χ2n) is 4.44. The maximum absolute atomic E-state index is 12.1. The van der Waals surface area contributed by atoms with Gasteiger partial charge in [-0.05, 0) is 32.6 Å². The Labute approximate surface area is 110 Å². The predicted molar refractivity (Wildman–Crippen MR) is 69.0 cm³/mol. The van der Waals surface area contributed by atoms with Gasteiger partial charge in [0.1, 0.15) is 0 Å². The van der Waals surface area contributed by atoms with Crippen LogP contribution in [0.5, 0.6) is 0 Å². The molecule has 0 aromatic carbocycles. The predicted octanol–water partition coefficient (Wildman–Crippen LogP) is 2.57. The van der Waals surface area contributed by atoms with E-state index < -0.39 is 10.0 Å². The standard InChI is InChI=1S/C10H15ClN2O2S2/c1-6(8-4-3-5-8)13-17(14,15)9-7(2)12-10(11)16-9/h6,8,13H,3-5H2,1-2H3. The molecule has 1 aromatic rings. The SMILES string of the molecule is Cc1nc(Cl)sc1S(=O)(=O)NC(C)C1CCC1. The van der Waals surface area contributed by atoms with E-state index in [1.807, 2.05) is 6.92 Å². The fourth-order valence-electron chi connectivity index (χ4n) is 1.93. The minimum Gasteiger partial charge on any atom is -0.229 e. The maximum Gasteiger partial charge on any atom is 0.252 e. The van der Waals surface area contributed by atoms with Crippen molar-refractivity contribution in [1.29, 1.82) is 0 Å². The molecule has 1 saturated carbocycles. The van der Waals surface area contributed by atoms with Gasteiger partial charge in [0.15, 0.2) is 8.68 Å². The Morgan fingerprint density at radius 3 is 2.59 bits per heavy atom. The highest BCUT2D eigenvalue weighted by Crippen LogP contribution is 2.31. The van der Waals surface area contributed by atoms with Crippen molar-refractivity contribution in [1.82, 2.24) is 9.71 Å². The zero-order valence-electron chi connectivity index (χ0n) is 9.73. The monoisotopic (exact) mass is 294 g/mol. The molecule has 0 saturated heterocycles. The lowest BCUT2D eigenvalue weighted by Gasteiger charge is -2.31. The molecular weight excluding hydrogens is 280 g/mol. The fraction of sp³-hybridized carbons (Fsp3) is 0.700. The van der Waals surface area contributed by atoms with Gasteiger partial charge in [-0.3, -0.25) is 0 Å². The molecule has 0 amide bonds. The Hall–Kier alpha value is -0.170. The summed E-state index contributed by atoms with van der Waals surface area (Å²) >= 11 is 6.73. The molecule has 4 nitrogen and oxygen atoms in total. The number of sulfonamides is 1. The van der Waals surface area contributed by atoms with E-state index in [1.54, 1.807) is 6.92 Å². The normalized spacial score (nSPS) is 19.0. The first kappa shape index (κ1) is 13.3. The number of nitrogens with one attached hydrogen (secondary N) is 1. The van der Waals surface area contributed by atoms with Crippen LogP contribution >= 0.6 is 22.9 Å². The average Bonchev–Trinajstić information content (AvgIpc) is 2.41. The number of hydrogen-bond donors (Lipinski definition) is 1. The summed E-state index contributed by atoms with van der Waals surface area (Å²) in [6, 6.07) is -0.0194. The summed E-state index contributed by atoms with van der Waals surface area (Å²) in [6.07, 6.45) is 3.40. The van der Waals surface area contributed by atoms with E-state index in [4.69, 9.17) is 11.6 Å². The molecule has 1 aromatic heterocycles. The zero-order chi connectivity index (χ0) is 12.6. The summed E-state index contributed by atoms with van der Waals surface area (Å²) in [7, 11) is -3.47. The van der Waals surface area contributed by atoms with Gasteiger partial charge in [-0.2, -0.15) is 0 Å². The first-order chi connectivity index (χ1) is 7.90. The zero-order valence-corrected chi connectivity index (χ0v) is 12.1. The van der Waals surface area contributed by atoms with Gasteiger partial charge < -0.3 is 0 Å². The molecule has 1 aliphatic carbocycles. The second-order valence-corrected chi connectivity index (χ2v) is 7.93. The molecule has 1 aliphatic rings. The molecule has 0 bridgehead atoms.